The molecule has 1 atom stereocenters. The van der Waals surface area contributed by atoms with Crippen LogP contribution in [0.15, 0.2) is 78.9 Å². The van der Waals surface area contributed by atoms with Crippen molar-refractivity contribution < 1.29 is 15.0 Å². The first-order valence-corrected chi connectivity index (χ1v) is 14.6. The van der Waals surface area contributed by atoms with E-state index in [1.165, 1.54) is 5.56 Å². The fourth-order valence-corrected chi connectivity index (χ4v) is 5.94. The predicted octanol–water partition coefficient (Wildman–Crippen LogP) is 8.72. The molecule has 4 aromatic rings. The number of aromatic nitrogens is 1. The van der Waals surface area contributed by atoms with Gasteiger partial charge in [0.25, 0.3) is 0 Å². The summed E-state index contributed by atoms with van der Waals surface area (Å²) in [7, 11) is 0. The van der Waals surface area contributed by atoms with E-state index in [9.17, 15) is 15.0 Å². The van der Waals surface area contributed by atoms with Crippen LogP contribution in [-0.2, 0) is 6.42 Å². The predicted molar refractivity (Wildman–Crippen MR) is 165 cm³/mol. The number of hydrogen-bond acceptors (Lipinski definition) is 4. The molecule has 0 spiro atoms. The molecule has 0 saturated carbocycles. The molecule has 0 bridgehead atoms. The van der Waals surface area contributed by atoms with E-state index in [1.807, 2.05) is 74.1 Å². The number of halogens is 1. The molecular formula is C33H34ClNO3S. The molecule has 0 aliphatic carbocycles. The Labute approximate surface area is 239 Å². The third-order valence-electron chi connectivity index (χ3n) is 6.58. The molecule has 0 saturated heterocycles. The van der Waals surface area contributed by atoms with Gasteiger partial charge in [0.2, 0.25) is 0 Å². The first-order valence-electron chi connectivity index (χ1n) is 13.2. The number of benzene rings is 3. The number of carbonyl (C=O) groups is 1. The van der Waals surface area contributed by atoms with E-state index < -0.39 is 11.6 Å². The Morgan fingerprint density at radius 1 is 1.03 bits per heavy atom. The normalized spacial score (nSPS) is 12.7. The van der Waals surface area contributed by atoms with Crippen molar-refractivity contribution in [3.05, 3.63) is 112 Å². The van der Waals surface area contributed by atoms with Gasteiger partial charge in [-0.3, -0.25) is 0 Å². The van der Waals surface area contributed by atoms with Crippen molar-refractivity contribution in [2.75, 3.05) is 5.75 Å². The van der Waals surface area contributed by atoms with Crippen molar-refractivity contribution in [1.29, 1.82) is 0 Å². The quantitative estimate of drug-likeness (QED) is 0.170. The maximum atomic E-state index is 11.7. The van der Waals surface area contributed by atoms with Crippen LogP contribution >= 0.6 is 23.4 Å². The molecule has 4 rings (SSSR count). The lowest BCUT2D eigenvalue weighted by Gasteiger charge is -2.20. The van der Waals surface area contributed by atoms with Crippen molar-refractivity contribution in [3.63, 3.8) is 0 Å². The maximum Gasteiger partial charge on any atom is 0.335 e. The van der Waals surface area contributed by atoms with Crippen LogP contribution < -0.4 is 0 Å². The Balaban J connectivity index is 1.52. The van der Waals surface area contributed by atoms with Crippen molar-refractivity contribution in [1.82, 2.24) is 4.98 Å². The van der Waals surface area contributed by atoms with Crippen LogP contribution in [-0.4, -0.2) is 32.5 Å². The van der Waals surface area contributed by atoms with Crippen LogP contribution in [0.4, 0.5) is 0 Å². The van der Waals surface area contributed by atoms with Crippen molar-refractivity contribution in [3.8, 4) is 0 Å². The van der Waals surface area contributed by atoms with Gasteiger partial charge in [-0.25, -0.2) is 9.78 Å². The second-order valence-electron chi connectivity index (χ2n) is 10.4. The molecule has 0 radical (unpaired) electrons. The summed E-state index contributed by atoms with van der Waals surface area (Å²) in [5.41, 5.74) is 4.55. The van der Waals surface area contributed by atoms with Gasteiger partial charge in [0.05, 0.1) is 22.4 Å². The van der Waals surface area contributed by atoms with E-state index in [2.05, 4.69) is 30.3 Å². The van der Waals surface area contributed by atoms with E-state index in [0.29, 0.717) is 17.0 Å². The molecule has 202 valence electrons. The molecule has 0 aliphatic heterocycles. The van der Waals surface area contributed by atoms with Gasteiger partial charge in [-0.15, -0.1) is 0 Å². The van der Waals surface area contributed by atoms with Gasteiger partial charge in [0, 0.05) is 15.7 Å². The lowest BCUT2D eigenvalue weighted by Crippen LogP contribution is -2.18. The van der Waals surface area contributed by atoms with E-state index in [4.69, 9.17) is 16.6 Å². The number of thioether (sulfide) groups is 1. The van der Waals surface area contributed by atoms with Gasteiger partial charge in [-0.2, -0.15) is 11.8 Å². The number of hydrogen-bond donors (Lipinski definition) is 2. The largest absolute Gasteiger partial charge is 0.478 e. The average molecular weight is 560 g/mol. The SMILES string of the molecule is CC(C)(O)CCCS[C@@H](CCc1ccccc1C(=O)O)c1cccc(C=Cc2ccc3ccc(Cl)cc3n2)c1. The number of carboxylic acids is 1. The van der Waals surface area contributed by atoms with Crippen LogP contribution in [0, 0.1) is 0 Å². The summed E-state index contributed by atoms with van der Waals surface area (Å²) >= 11 is 8.01. The topological polar surface area (TPSA) is 70.4 Å². The van der Waals surface area contributed by atoms with Gasteiger partial charge < -0.3 is 10.2 Å². The molecule has 0 aliphatic rings. The highest BCUT2D eigenvalue weighted by atomic mass is 35.5. The van der Waals surface area contributed by atoms with Gasteiger partial charge in [-0.05, 0) is 92.3 Å². The number of pyridine rings is 1. The zero-order valence-electron chi connectivity index (χ0n) is 22.3. The fourth-order valence-electron chi connectivity index (χ4n) is 4.55. The number of nitrogens with zero attached hydrogens (tertiary/aromatic N) is 1. The van der Waals surface area contributed by atoms with Crippen LogP contribution in [0.1, 0.15) is 71.1 Å². The average Bonchev–Trinajstić information content (AvgIpc) is 2.91. The highest BCUT2D eigenvalue weighted by Crippen LogP contribution is 2.35. The van der Waals surface area contributed by atoms with Gasteiger partial charge in [0.15, 0.2) is 0 Å². The van der Waals surface area contributed by atoms with Crippen molar-refractivity contribution in [2.24, 2.45) is 0 Å². The number of rotatable bonds is 12. The Hall–Kier alpha value is -3.12. The van der Waals surface area contributed by atoms with E-state index in [0.717, 1.165) is 52.7 Å². The Bertz CT molecular complexity index is 1460. The Morgan fingerprint density at radius 3 is 2.62 bits per heavy atom. The maximum absolute atomic E-state index is 11.7. The second-order valence-corrected chi connectivity index (χ2v) is 12.1. The summed E-state index contributed by atoms with van der Waals surface area (Å²) in [6.45, 7) is 3.68. The number of aliphatic hydroxyl groups is 1. The summed E-state index contributed by atoms with van der Waals surface area (Å²) in [6, 6.07) is 25.5. The summed E-state index contributed by atoms with van der Waals surface area (Å²) in [5.74, 6) is 0.0236. The minimum Gasteiger partial charge on any atom is -0.478 e. The van der Waals surface area contributed by atoms with Crippen molar-refractivity contribution in [2.45, 2.75) is 50.4 Å². The fraction of sp³-hybridized carbons (Fsp3) is 0.273. The smallest absolute Gasteiger partial charge is 0.335 e. The van der Waals surface area contributed by atoms with Crippen molar-refractivity contribution >= 4 is 52.4 Å². The molecule has 0 unspecified atom stereocenters. The Kier molecular flexibility index (Phi) is 9.84. The first-order chi connectivity index (χ1) is 18.7. The third-order valence-corrected chi connectivity index (χ3v) is 8.25. The number of fused-ring (bicyclic) bond motifs is 1. The first kappa shape index (κ1) is 28.9. The van der Waals surface area contributed by atoms with Gasteiger partial charge in [-0.1, -0.05) is 72.3 Å². The van der Waals surface area contributed by atoms with Crippen LogP contribution in [0.25, 0.3) is 23.1 Å². The molecule has 1 heterocycles. The standard InChI is InChI=1S/C33H34ClNO3S/c1-33(2,38)19-6-20-39-31(18-14-24-8-3-4-10-29(24)32(36)37)26-9-5-7-23(21-26)11-16-28-17-13-25-12-15-27(34)22-30(25)35-28/h3-5,7-13,15-17,21-22,31,38H,6,14,18-20H2,1-2H3,(H,36,37)/t31-/m0/s1. The summed E-state index contributed by atoms with van der Waals surface area (Å²) in [5, 5.41) is 21.6. The Morgan fingerprint density at radius 2 is 1.82 bits per heavy atom. The molecule has 3 aromatic carbocycles. The van der Waals surface area contributed by atoms with Crippen LogP contribution in [0.3, 0.4) is 0 Å². The third kappa shape index (κ3) is 8.69. The molecular weight excluding hydrogens is 526 g/mol. The lowest BCUT2D eigenvalue weighted by molar-refractivity contribution is 0.0691. The number of aryl methyl sites for hydroxylation is 1. The minimum atomic E-state index is -0.892. The second kappa shape index (κ2) is 13.3. The molecule has 0 fully saturated rings. The zero-order chi connectivity index (χ0) is 27.8. The lowest BCUT2D eigenvalue weighted by atomic mass is 9.98. The van der Waals surface area contributed by atoms with E-state index in [-0.39, 0.29) is 5.25 Å². The molecule has 0 amide bonds. The summed E-state index contributed by atoms with van der Waals surface area (Å²) in [4.78, 5) is 16.4. The highest BCUT2D eigenvalue weighted by molar-refractivity contribution is 7.99. The van der Waals surface area contributed by atoms with Gasteiger partial charge >= 0.3 is 5.97 Å². The van der Waals surface area contributed by atoms with Crippen LogP contribution in [0.5, 0.6) is 0 Å². The minimum absolute atomic E-state index is 0.197. The highest BCUT2D eigenvalue weighted by Gasteiger charge is 2.17. The molecule has 1 aromatic heterocycles. The monoisotopic (exact) mass is 559 g/mol. The number of carboxylic acid groups (broad SMARTS) is 1. The van der Waals surface area contributed by atoms with E-state index >= 15 is 0 Å². The zero-order valence-corrected chi connectivity index (χ0v) is 23.9. The molecule has 39 heavy (non-hydrogen) atoms. The van der Waals surface area contributed by atoms with Gasteiger partial charge in [0.1, 0.15) is 0 Å². The molecule has 2 N–H and O–H groups in total. The summed E-state index contributed by atoms with van der Waals surface area (Å²) < 4.78 is 0. The summed E-state index contributed by atoms with van der Waals surface area (Å²) in [6.07, 6.45) is 7.22. The molecule has 4 nitrogen and oxygen atoms in total. The number of aromatic carboxylic acids is 1. The van der Waals surface area contributed by atoms with E-state index in [1.54, 1.807) is 12.1 Å². The molecule has 6 heteroatoms. The van der Waals surface area contributed by atoms with Crippen LogP contribution in [0.2, 0.25) is 5.02 Å².